The van der Waals surface area contributed by atoms with Gasteiger partial charge in [-0.25, -0.2) is 0 Å². The van der Waals surface area contributed by atoms with E-state index in [-0.39, 0.29) is 10.6 Å². The van der Waals surface area contributed by atoms with Crippen molar-refractivity contribution < 1.29 is 4.92 Å². The highest BCUT2D eigenvalue weighted by Gasteiger charge is 2.23. The van der Waals surface area contributed by atoms with E-state index in [1.54, 1.807) is 6.07 Å². The van der Waals surface area contributed by atoms with Gasteiger partial charge >= 0.3 is 0 Å². The van der Waals surface area contributed by atoms with Gasteiger partial charge in [0.05, 0.1) is 4.92 Å². The van der Waals surface area contributed by atoms with Crippen LogP contribution >= 0.6 is 15.9 Å². The van der Waals surface area contributed by atoms with Gasteiger partial charge in [-0.2, -0.15) is 0 Å². The molecule has 86 valence electrons. The van der Waals surface area contributed by atoms with Crippen LogP contribution in [-0.4, -0.2) is 16.3 Å². The Kier molecular flexibility index (Phi) is 3.14. The Morgan fingerprint density at radius 2 is 2.38 bits per heavy atom. The topological polar surface area (TPSA) is 55.2 Å². The first-order chi connectivity index (χ1) is 7.58. The van der Waals surface area contributed by atoms with Gasteiger partial charge in [0.2, 0.25) is 0 Å². The molecule has 2 rings (SSSR count). The van der Waals surface area contributed by atoms with Gasteiger partial charge < -0.3 is 5.32 Å². The molecule has 1 heterocycles. The molecule has 4 nitrogen and oxygen atoms in total. The predicted octanol–water partition coefficient (Wildman–Crippen LogP) is 2.89. The van der Waals surface area contributed by atoms with Crippen molar-refractivity contribution in [3.63, 3.8) is 0 Å². The SMILES string of the molecule is CC(Br)Cc1cc2c(c([N+](=O)[O-])c1)NCC2. The third-order valence-corrected chi connectivity index (χ3v) is 2.99. The molecule has 1 N–H and O–H groups in total. The number of rotatable bonds is 3. The van der Waals surface area contributed by atoms with Gasteiger partial charge in [0.1, 0.15) is 5.69 Å². The van der Waals surface area contributed by atoms with E-state index >= 15 is 0 Å². The molecule has 0 bridgehead atoms. The van der Waals surface area contributed by atoms with Crippen LogP contribution in [0.1, 0.15) is 18.1 Å². The standard InChI is InChI=1S/C11H13BrN2O2/c1-7(12)4-8-5-9-2-3-13-11(9)10(6-8)14(15)16/h5-7,13H,2-4H2,1H3. The summed E-state index contributed by atoms with van der Waals surface area (Å²) in [6.07, 6.45) is 1.69. The molecule has 0 aliphatic carbocycles. The molecule has 0 saturated heterocycles. The summed E-state index contributed by atoms with van der Waals surface area (Å²) in [5.41, 5.74) is 3.00. The molecule has 16 heavy (non-hydrogen) atoms. The highest BCUT2D eigenvalue weighted by molar-refractivity contribution is 9.09. The Balaban J connectivity index is 2.43. The monoisotopic (exact) mass is 284 g/mol. The lowest BCUT2D eigenvalue weighted by Crippen LogP contribution is -2.01. The van der Waals surface area contributed by atoms with Crippen molar-refractivity contribution in [1.82, 2.24) is 0 Å². The highest BCUT2D eigenvalue weighted by Crippen LogP contribution is 2.34. The molecule has 0 spiro atoms. The molecule has 0 saturated carbocycles. The summed E-state index contributed by atoms with van der Waals surface area (Å²) in [5, 5.41) is 14.0. The molecule has 1 aliphatic rings. The largest absolute Gasteiger partial charge is 0.379 e. The van der Waals surface area contributed by atoms with Crippen LogP contribution in [0, 0.1) is 10.1 Å². The first kappa shape index (κ1) is 11.4. The summed E-state index contributed by atoms with van der Waals surface area (Å²) in [6, 6.07) is 3.75. The number of nitro benzene ring substituents is 1. The van der Waals surface area contributed by atoms with Crippen molar-refractivity contribution in [2.45, 2.75) is 24.6 Å². The van der Waals surface area contributed by atoms with Crippen molar-refractivity contribution in [2.75, 3.05) is 11.9 Å². The fourth-order valence-electron chi connectivity index (χ4n) is 2.06. The summed E-state index contributed by atoms with van der Waals surface area (Å²) in [6.45, 7) is 2.83. The predicted molar refractivity (Wildman–Crippen MR) is 67.4 cm³/mol. The number of halogens is 1. The smallest absolute Gasteiger partial charge is 0.292 e. The van der Waals surface area contributed by atoms with Gasteiger partial charge in [-0.15, -0.1) is 0 Å². The average molecular weight is 285 g/mol. The molecule has 0 amide bonds. The summed E-state index contributed by atoms with van der Waals surface area (Å²) < 4.78 is 0. The Morgan fingerprint density at radius 3 is 3.00 bits per heavy atom. The maximum absolute atomic E-state index is 11.0. The number of anilines is 1. The van der Waals surface area contributed by atoms with Crippen LogP contribution in [0.3, 0.4) is 0 Å². The van der Waals surface area contributed by atoms with Gasteiger partial charge in [0.25, 0.3) is 5.69 Å². The van der Waals surface area contributed by atoms with Crippen LogP contribution in [0.5, 0.6) is 0 Å². The number of nitro groups is 1. The molecule has 0 aromatic heterocycles. The van der Waals surface area contributed by atoms with E-state index in [2.05, 4.69) is 27.3 Å². The first-order valence-electron chi connectivity index (χ1n) is 5.26. The molecular formula is C11H13BrN2O2. The number of alkyl halides is 1. The van der Waals surface area contributed by atoms with E-state index in [9.17, 15) is 10.1 Å². The Hall–Kier alpha value is -1.10. The normalized spacial score (nSPS) is 15.4. The minimum Gasteiger partial charge on any atom is -0.379 e. The van der Waals surface area contributed by atoms with Crippen molar-refractivity contribution in [1.29, 1.82) is 0 Å². The summed E-state index contributed by atoms with van der Waals surface area (Å²) >= 11 is 3.47. The van der Waals surface area contributed by atoms with E-state index in [0.717, 1.165) is 30.5 Å². The van der Waals surface area contributed by atoms with E-state index in [4.69, 9.17) is 0 Å². The van der Waals surface area contributed by atoms with Crippen molar-refractivity contribution in [2.24, 2.45) is 0 Å². The van der Waals surface area contributed by atoms with Gasteiger partial charge in [0, 0.05) is 17.4 Å². The minimum atomic E-state index is -0.306. The molecule has 0 radical (unpaired) electrons. The number of nitrogens with zero attached hydrogens (tertiary/aromatic N) is 1. The molecule has 1 aliphatic heterocycles. The van der Waals surface area contributed by atoms with Crippen LogP contribution < -0.4 is 5.32 Å². The molecule has 0 fully saturated rings. The lowest BCUT2D eigenvalue weighted by atomic mass is 10.0. The van der Waals surface area contributed by atoms with Gasteiger partial charge in [0.15, 0.2) is 0 Å². The third kappa shape index (κ3) is 2.19. The lowest BCUT2D eigenvalue weighted by molar-refractivity contribution is -0.384. The van der Waals surface area contributed by atoms with Crippen molar-refractivity contribution in [3.8, 4) is 0 Å². The van der Waals surface area contributed by atoms with E-state index in [0.29, 0.717) is 10.5 Å². The second-order valence-electron chi connectivity index (χ2n) is 4.07. The van der Waals surface area contributed by atoms with Crippen LogP contribution in [0.2, 0.25) is 0 Å². The number of fused-ring (bicyclic) bond motifs is 1. The summed E-state index contributed by atoms with van der Waals surface area (Å²) in [4.78, 5) is 11.0. The fourth-order valence-corrected chi connectivity index (χ4v) is 2.43. The van der Waals surface area contributed by atoms with E-state index in [1.165, 1.54) is 0 Å². The second kappa shape index (κ2) is 4.41. The van der Waals surface area contributed by atoms with Crippen LogP contribution in [0.4, 0.5) is 11.4 Å². The van der Waals surface area contributed by atoms with Crippen LogP contribution in [0.25, 0.3) is 0 Å². The fraction of sp³-hybridized carbons (Fsp3) is 0.455. The molecule has 1 atom stereocenters. The Bertz CT molecular complexity index is 432. The van der Waals surface area contributed by atoms with Crippen molar-refractivity contribution >= 4 is 27.3 Å². The van der Waals surface area contributed by atoms with Gasteiger partial charge in [-0.1, -0.05) is 28.9 Å². The number of hydrogen-bond donors (Lipinski definition) is 1. The average Bonchev–Trinajstić information content (AvgIpc) is 2.62. The lowest BCUT2D eigenvalue weighted by Gasteiger charge is -2.07. The number of benzene rings is 1. The highest BCUT2D eigenvalue weighted by atomic mass is 79.9. The Morgan fingerprint density at radius 1 is 1.62 bits per heavy atom. The van der Waals surface area contributed by atoms with E-state index < -0.39 is 0 Å². The zero-order chi connectivity index (χ0) is 11.7. The summed E-state index contributed by atoms with van der Waals surface area (Å²) in [5.74, 6) is 0. The molecular weight excluding hydrogens is 272 g/mol. The Labute approximate surface area is 102 Å². The van der Waals surface area contributed by atoms with Crippen molar-refractivity contribution in [3.05, 3.63) is 33.4 Å². The third-order valence-electron chi connectivity index (χ3n) is 2.67. The summed E-state index contributed by atoms with van der Waals surface area (Å²) in [7, 11) is 0. The zero-order valence-electron chi connectivity index (χ0n) is 9.00. The molecule has 1 unspecified atom stereocenters. The second-order valence-corrected chi connectivity index (χ2v) is 5.63. The first-order valence-corrected chi connectivity index (χ1v) is 6.17. The minimum absolute atomic E-state index is 0.207. The molecule has 5 heteroatoms. The number of nitrogens with one attached hydrogen (secondary N) is 1. The zero-order valence-corrected chi connectivity index (χ0v) is 10.6. The van der Waals surface area contributed by atoms with E-state index in [1.807, 2.05) is 6.92 Å². The quantitative estimate of drug-likeness (QED) is 0.528. The maximum Gasteiger partial charge on any atom is 0.292 e. The van der Waals surface area contributed by atoms with Gasteiger partial charge in [-0.05, 0) is 24.0 Å². The molecule has 1 aromatic carbocycles. The van der Waals surface area contributed by atoms with Crippen LogP contribution in [-0.2, 0) is 12.8 Å². The maximum atomic E-state index is 11.0. The van der Waals surface area contributed by atoms with Crippen LogP contribution in [0.15, 0.2) is 12.1 Å². The van der Waals surface area contributed by atoms with Gasteiger partial charge in [-0.3, -0.25) is 10.1 Å². The number of hydrogen-bond acceptors (Lipinski definition) is 3. The molecule has 1 aromatic rings.